The van der Waals surface area contributed by atoms with Gasteiger partial charge in [-0.3, -0.25) is 0 Å². The van der Waals surface area contributed by atoms with E-state index in [1.54, 1.807) is 24.3 Å². The minimum absolute atomic E-state index is 0.00157. The lowest BCUT2D eigenvalue weighted by molar-refractivity contribution is -0.151. The van der Waals surface area contributed by atoms with E-state index >= 15 is 0 Å². The molecular weight excluding hydrogens is 1540 g/mol. The van der Waals surface area contributed by atoms with Crippen LogP contribution < -0.4 is 26.6 Å². The Balaban J connectivity index is 0.000000113. The second-order valence-electron chi connectivity index (χ2n) is 36.4. The zero-order valence-electron chi connectivity index (χ0n) is 72.3. The van der Waals surface area contributed by atoms with E-state index in [1.807, 2.05) is 36.4 Å². The molecule has 5 N–H and O–H groups in total. The molecule has 10 heterocycles. The molecule has 642 valence electrons. The Hall–Kier alpha value is -9.48. The van der Waals surface area contributed by atoms with Gasteiger partial charge in [0.05, 0.1) is 96.3 Å². The molecule has 10 aromatic rings. The van der Waals surface area contributed by atoms with Gasteiger partial charge in [0.15, 0.2) is 0 Å². The summed E-state index contributed by atoms with van der Waals surface area (Å²) in [7, 11) is 0. The van der Waals surface area contributed by atoms with Crippen LogP contribution in [0.4, 0.5) is 46.0 Å². The summed E-state index contributed by atoms with van der Waals surface area (Å²) in [6.45, 7) is 34.6. The maximum Gasteiger partial charge on any atom is 0.123 e. The molecule has 0 amide bonds. The third-order valence-electron chi connectivity index (χ3n) is 25.1. The molecule has 10 aliphatic heterocycles. The number of fused-ring (bicyclic) bond motifs is 15. The monoisotopic (exact) mass is 1660 g/mol. The molecule has 20 rings (SSSR count). The quantitative estimate of drug-likeness (QED) is 0.0917. The molecular formula is C103H117F4N5O10. The van der Waals surface area contributed by atoms with E-state index in [1.165, 1.54) is 86.6 Å². The fraction of sp³-hybridized carbons (Fsp3) is 0.417. The number of ether oxygens (including phenoxy) is 10. The smallest absolute Gasteiger partial charge is 0.123 e. The van der Waals surface area contributed by atoms with Crippen molar-refractivity contribution in [3.8, 4) is 0 Å². The van der Waals surface area contributed by atoms with Crippen molar-refractivity contribution in [1.82, 2.24) is 0 Å². The highest BCUT2D eigenvalue weighted by Gasteiger charge is 2.47. The molecule has 0 aromatic heterocycles. The predicted molar refractivity (Wildman–Crippen MR) is 473 cm³/mol. The number of nitrogens with one attached hydrogen (secondary N) is 5. The second kappa shape index (κ2) is 37.1. The van der Waals surface area contributed by atoms with Crippen molar-refractivity contribution in [1.29, 1.82) is 0 Å². The van der Waals surface area contributed by atoms with Gasteiger partial charge in [-0.15, -0.1) is 0 Å². The van der Waals surface area contributed by atoms with Gasteiger partial charge < -0.3 is 74.0 Å². The fourth-order valence-electron chi connectivity index (χ4n) is 18.5. The SMILES string of the molecule is CC(C)(C)c1ccc2c(c1)C1OCCOC1C(c1ccc(F)cc1)N2.CC(C)(C)c1ccc2c(c1)[C@@H]1OCCO[C@@H]1[C@@H](c1ccc(F)cc1)N2.CC(C)c1ccc2c(c1)C1OCCOC1C(c1cccc(F)c1)N2.CC(C)c1ccc2c(c1)[C@@H]1OCCO[C@@H]1[C@@H](c1cccc(F)c1)N2.Cc1cc2c(cc1C(C)C)[C@H]1OCCO[C@H]1[C@H](c1ccccc1)N2. The summed E-state index contributed by atoms with van der Waals surface area (Å²) in [5, 5.41) is 17.9. The molecule has 6 unspecified atom stereocenters. The molecule has 15 nitrogen and oxygen atoms in total. The minimum Gasteiger partial charge on any atom is -0.375 e. The maximum absolute atomic E-state index is 13.7. The number of anilines is 5. The van der Waals surface area contributed by atoms with Crippen LogP contribution in [0.15, 0.2) is 212 Å². The highest BCUT2D eigenvalue weighted by Crippen LogP contribution is 2.52. The van der Waals surface area contributed by atoms with Crippen molar-refractivity contribution >= 4 is 28.4 Å². The first kappa shape index (κ1) is 86.1. The van der Waals surface area contributed by atoms with Crippen LogP contribution in [0.5, 0.6) is 0 Å². The van der Waals surface area contributed by atoms with Crippen molar-refractivity contribution in [2.75, 3.05) is 92.7 Å². The van der Waals surface area contributed by atoms with Gasteiger partial charge in [-0.05, 0) is 176 Å². The van der Waals surface area contributed by atoms with Crippen LogP contribution in [0, 0.1) is 30.2 Å². The Morgan fingerprint density at radius 1 is 0.270 bits per heavy atom. The van der Waals surface area contributed by atoms with E-state index in [2.05, 4.69) is 232 Å². The van der Waals surface area contributed by atoms with Gasteiger partial charge in [0.25, 0.3) is 0 Å². The maximum atomic E-state index is 13.7. The van der Waals surface area contributed by atoms with Crippen molar-refractivity contribution in [2.45, 2.75) is 210 Å². The van der Waals surface area contributed by atoms with Gasteiger partial charge in [0.2, 0.25) is 0 Å². The second-order valence-corrected chi connectivity index (χ2v) is 36.4. The zero-order valence-corrected chi connectivity index (χ0v) is 72.3. The first-order chi connectivity index (χ1) is 58.8. The lowest BCUT2D eigenvalue weighted by Crippen LogP contribution is -2.43. The molecule has 0 bridgehead atoms. The summed E-state index contributed by atoms with van der Waals surface area (Å²) in [6, 6.07) is 67.5. The molecule has 0 aliphatic carbocycles. The van der Waals surface area contributed by atoms with Crippen molar-refractivity contribution < 1.29 is 64.9 Å². The van der Waals surface area contributed by atoms with Crippen molar-refractivity contribution in [3.05, 3.63) is 325 Å². The van der Waals surface area contributed by atoms with Crippen LogP contribution in [0.3, 0.4) is 0 Å². The van der Waals surface area contributed by atoms with Gasteiger partial charge in [-0.2, -0.15) is 0 Å². The molecule has 15 atom stereocenters. The standard InChI is InChI=1S/2C21H24FNO2.C21H25NO2.2C20H22FNO2/c2*1-21(2,3)14-6-9-17-16(12-14)19-20(25-11-10-24-19)18(23-17)13-4-7-15(22)8-5-13;1-13(2)16-12-17-18(11-14(16)3)22-19(15-7-5-4-6-8-15)21-20(17)23-9-10-24-21;2*1-12(2)13-6-7-17-16(11-13)19-20(24-9-8-23-19)18(22-17)14-4-3-5-15(21)10-14/h2*4-9,12,18-20,23H,10-11H2,1-3H3;4-8,11-13,19-22H,9-10H2,1-3H3;2*3-7,10-12,18-20,22H,8-9H2,1-2H3/t18-,19+,20-;;19-,20+,21-;18-,19+,20-;/m1.01./s1. The Morgan fingerprint density at radius 3 is 0.893 bits per heavy atom. The fourth-order valence-corrected chi connectivity index (χ4v) is 18.5. The topological polar surface area (TPSA) is 152 Å². The van der Waals surface area contributed by atoms with Gasteiger partial charge in [0, 0.05) is 56.3 Å². The summed E-state index contributed by atoms with van der Waals surface area (Å²) < 4.78 is 115. The number of benzene rings is 10. The average molecular weight is 1660 g/mol. The van der Waals surface area contributed by atoms with Gasteiger partial charge in [-0.1, -0.05) is 217 Å². The zero-order chi connectivity index (χ0) is 85.3. The summed E-state index contributed by atoms with van der Waals surface area (Å²) >= 11 is 0. The van der Waals surface area contributed by atoms with Crippen molar-refractivity contribution in [2.24, 2.45) is 0 Å². The normalized spacial score (nSPS) is 25.7. The van der Waals surface area contributed by atoms with Crippen LogP contribution in [0.25, 0.3) is 0 Å². The van der Waals surface area contributed by atoms with Crippen molar-refractivity contribution in [3.63, 3.8) is 0 Å². The van der Waals surface area contributed by atoms with Crippen LogP contribution in [-0.2, 0) is 58.2 Å². The van der Waals surface area contributed by atoms with Crippen LogP contribution >= 0.6 is 0 Å². The molecule has 0 radical (unpaired) electrons. The van der Waals surface area contributed by atoms with E-state index in [9.17, 15) is 17.6 Å². The van der Waals surface area contributed by atoms with E-state index in [-0.39, 0.29) is 125 Å². The van der Waals surface area contributed by atoms with Crippen LogP contribution in [0.1, 0.15) is 251 Å². The number of hydrogen-bond donors (Lipinski definition) is 5. The Labute approximate surface area is 716 Å². The highest BCUT2D eigenvalue weighted by atomic mass is 19.1. The van der Waals surface area contributed by atoms with Gasteiger partial charge in [0.1, 0.15) is 84.3 Å². The minimum atomic E-state index is -0.233. The van der Waals surface area contributed by atoms with Crippen LogP contribution in [0.2, 0.25) is 0 Å². The number of aryl methyl sites for hydroxylation is 1. The molecule has 122 heavy (non-hydrogen) atoms. The van der Waals surface area contributed by atoms with E-state index in [0.717, 1.165) is 67.3 Å². The third kappa shape index (κ3) is 18.8. The summed E-state index contributed by atoms with van der Waals surface area (Å²) in [6.07, 6.45) is -1.02. The lowest BCUT2D eigenvalue weighted by atomic mass is 9.82. The first-order valence-corrected chi connectivity index (χ1v) is 43.5. The molecule has 10 aromatic carbocycles. The molecule has 5 saturated heterocycles. The first-order valence-electron chi connectivity index (χ1n) is 43.5. The number of rotatable bonds is 8. The predicted octanol–water partition coefficient (Wildman–Crippen LogP) is 23.4. The molecule has 10 aliphatic rings. The van der Waals surface area contributed by atoms with Crippen LogP contribution in [-0.4, -0.2) is 96.6 Å². The largest absolute Gasteiger partial charge is 0.375 e. The number of halogens is 4. The summed E-state index contributed by atoms with van der Waals surface area (Å²) in [4.78, 5) is 0. The van der Waals surface area contributed by atoms with Gasteiger partial charge >= 0.3 is 0 Å². The van der Waals surface area contributed by atoms with E-state index in [0.29, 0.717) is 83.8 Å². The van der Waals surface area contributed by atoms with E-state index in [4.69, 9.17) is 47.4 Å². The highest BCUT2D eigenvalue weighted by molar-refractivity contribution is 5.65. The molecule has 0 saturated carbocycles. The Bertz CT molecular complexity index is 4990. The summed E-state index contributed by atoms with van der Waals surface area (Å²) in [5.74, 6) is 0.495. The van der Waals surface area contributed by atoms with E-state index < -0.39 is 0 Å². The Morgan fingerprint density at radius 2 is 0.566 bits per heavy atom. The lowest BCUT2D eigenvalue weighted by Gasteiger charge is -2.43. The molecule has 0 spiro atoms. The third-order valence-corrected chi connectivity index (χ3v) is 25.1. The average Bonchev–Trinajstić information content (AvgIpc) is 0.767. The van der Waals surface area contributed by atoms with Gasteiger partial charge in [-0.25, -0.2) is 17.6 Å². The molecule has 5 fully saturated rings. The summed E-state index contributed by atoms with van der Waals surface area (Å²) in [5.41, 5.74) is 24.2. The number of hydrogen-bond acceptors (Lipinski definition) is 15. The molecule has 19 heteroatoms. The Kier molecular flexibility index (Phi) is 26.2.